The molecule has 1 amide bonds. The van der Waals surface area contributed by atoms with Crippen molar-refractivity contribution in [3.63, 3.8) is 0 Å². The molecule has 7 heteroatoms. The van der Waals surface area contributed by atoms with E-state index in [4.69, 9.17) is 4.74 Å². The van der Waals surface area contributed by atoms with E-state index in [1.807, 2.05) is 14.0 Å². The Bertz CT molecular complexity index is 970. The third kappa shape index (κ3) is 4.78. The lowest BCUT2D eigenvalue weighted by atomic mass is 10.0. The summed E-state index contributed by atoms with van der Waals surface area (Å²) in [4.78, 5) is 19.2. The normalized spacial score (nSPS) is 19.6. The number of benzene rings is 1. The maximum absolute atomic E-state index is 13.8. The maximum atomic E-state index is 13.8. The molecule has 2 heterocycles. The number of aromatic nitrogens is 1. The zero-order valence-corrected chi connectivity index (χ0v) is 17.4. The first-order valence-electron chi connectivity index (χ1n) is 9.94. The van der Waals surface area contributed by atoms with Crippen molar-refractivity contribution >= 4 is 5.91 Å². The molecule has 0 spiro atoms. The van der Waals surface area contributed by atoms with Crippen LogP contribution in [0.5, 0.6) is 5.88 Å². The monoisotopic (exact) mass is 411 g/mol. The highest BCUT2D eigenvalue weighted by molar-refractivity contribution is 5.97. The predicted molar refractivity (Wildman–Crippen MR) is 112 cm³/mol. The highest BCUT2D eigenvalue weighted by Crippen LogP contribution is 2.26. The van der Waals surface area contributed by atoms with Gasteiger partial charge in [0.15, 0.2) is 0 Å². The van der Waals surface area contributed by atoms with Crippen LogP contribution >= 0.6 is 0 Å². The van der Waals surface area contributed by atoms with Gasteiger partial charge < -0.3 is 20.1 Å². The third-order valence-electron chi connectivity index (χ3n) is 5.14. The van der Waals surface area contributed by atoms with E-state index in [0.29, 0.717) is 18.7 Å². The van der Waals surface area contributed by atoms with Crippen LogP contribution in [-0.2, 0) is 0 Å². The second-order valence-electron chi connectivity index (χ2n) is 7.49. The van der Waals surface area contributed by atoms with Crippen LogP contribution in [-0.4, -0.2) is 59.8 Å². The molecule has 0 saturated heterocycles. The molecule has 30 heavy (non-hydrogen) atoms. The minimum atomic E-state index is -0.407. The van der Waals surface area contributed by atoms with Crippen LogP contribution in [0.15, 0.2) is 36.5 Å². The van der Waals surface area contributed by atoms with Crippen molar-refractivity contribution in [2.45, 2.75) is 26.0 Å². The summed E-state index contributed by atoms with van der Waals surface area (Å²) in [7, 11) is 1.84. The summed E-state index contributed by atoms with van der Waals surface area (Å²) in [5, 5.41) is 12.8. The van der Waals surface area contributed by atoms with E-state index >= 15 is 0 Å². The molecule has 2 aromatic rings. The number of amides is 1. The number of rotatable bonds is 4. The summed E-state index contributed by atoms with van der Waals surface area (Å²) in [6.45, 7) is 4.69. The molecule has 1 aliphatic heterocycles. The van der Waals surface area contributed by atoms with E-state index in [-0.39, 0.29) is 47.6 Å². The van der Waals surface area contributed by atoms with Crippen LogP contribution in [0.2, 0.25) is 0 Å². The van der Waals surface area contributed by atoms with Gasteiger partial charge in [-0.15, -0.1) is 0 Å². The van der Waals surface area contributed by atoms with Crippen LogP contribution in [0.1, 0.15) is 35.3 Å². The minimum absolute atomic E-state index is 0.0332. The summed E-state index contributed by atoms with van der Waals surface area (Å²) >= 11 is 0. The molecule has 1 aromatic heterocycles. The molecule has 0 fully saturated rings. The van der Waals surface area contributed by atoms with Gasteiger partial charge in [-0.25, -0.2) is 9.37 Å². The molecule has 0 saturated carbocycles. The van der Waals surface area contributed by atoms with Crippen molar-refractivity contribution in [3.05, 3.63) is 59.0 Å². The number of hydrogen-bond acceptors (Lipinski definition) is 5. The van der Waals surface area contributed by atoms with Gasteiger partial charge in [0.2, 0.25) is 5.88 Å². The number of likely N-dealkylation sites (N-methyl/N-ethyl adjacent to an activating group) is 1. The highest BCUT2D eigenvalue weighted by Gasteiger charge is 2.33. The highest BCUT2D eigenvalue weighted by atomic mass is 19.1. The number of nitrogens with zero attached hydrogens (tertiary/aromatic N) is 2. The molecule has 6 nitrogen and oxygen atoms in total. The lowest BCUT2D eigenvalue weighted by molar-refractivity contribution is 0.0404. The van der Waals surface area contributed by atoms with Crippen molar-refractivity contribution in [3.8, 4) is 17.7 Å². The SMILES string of the molecule is CNC[C@H]1Oc2ncc(C#Cc3ccccc3F)cc2C(=O)N([C@H](C)CO)C[C@H]1C. The second-order valence-corrected chi connectivity index (χ2v) is 7.49. The molecular formula is C23H26FN3O3. The van der Waals surface area contributed by atoms with Gasteiger partial charge in [-0.3, -0.25) is 4.79 Å². The summed E-state index contributed by atoms with van der Waals surface area (Å²) in [6.07, 6.45) is 1.32. The second kappa shape index (κ2) is 9.70. The number of ether oxygens (including phenoxy) is 1. The summed E-state index contributed by atoms with van der Waals surface area (Å²) in [6, 6.07) is 7.50. The number of aliphatic hydroxyl groups excluding tert-OH is 1. The number of pyridine rings is 1. The molecule has 1 aromatic carbocycles. The average Bonchev–Trinajstić information content (AvgIpc) is 2.75. The number of nitrogens with one attached hydrogen (secondary N) is 1. The van der Waals surface area contributed by atoms with Gasteiger partial charge in [0, 0.05) is 30.8 Å². The molecule has 2 N–H and O–H groups in total. The van der Waals surface area contributed by atoms with E-state index in [1.54, 1.807) is 36.1 Å². The van der Waals surface area contributed by atoms with E-state index in [1.165, 1.54) is 12.3 Å². The van der Waals surface area contributed by atoms with Crippen molar-refractivity contribution in [1.29, 1.82) is 0 Å². The fourth-order valence-electron chi connectivity index (χ4n) is 3.32. The Labute approximate surface area is 176 Å². The quantitative estimate of drug-likeness (QED) is 0.754. The number of fused-ring (bicyclic) bond motifs is 1. The van der Waals surface area contributed by atoms with Gasteiger partial charge in [0.25, 0.3) is 5.91 Å². The Morgan fingerprint density at radius 1 is 1.40 bits per heavy atom. The molecule has 3 rings (SSSR count). The Balaban J connectivity index is 2.02. The van der Waals surface area contributed by atoms with Crippen molar-refractivity contribution in [1.82, 2.24) is 15.2 Å². The van der Waals surface area contributed by atoms with Gasteiger partial charge in [0.05, 0.1) is 18.2 Å². The molecule has 0 unspecified atom stereocenters. The maximum Gasteiger partial charge on any atom is 0.259 e. The summed E-state index contributed by atoms with van der Waals surface area (Å²) < 4.78 is 19.9. The molecule has 0 bridgehead atoms. The summed E-state index contributed by atoms with van der Waals surface area (Å²) in [5.74, 6) is 5.24. The van der Waals surface area contributed by atoms with Crippen molar-refractivity contribution in [2.24, 2.45) is 5.92 Å². The van der Waals surface area contributed by atoms with Gasteiger partial charge in [0.1, 0.15) is 17.5 Å². The standard InChI is InChI=1S/C23H26FN3O3/c1-15-13-27(16(2)14-28)23(29)19-10-17(8-9-18-6-4-5-7-20(18)24)11-26-22(19)30-21(15)12-25-3/h4-7,10-11,15-16,21,25,28H,12-14H2,1-3H3/t15-,16-,21-/m1/s1. The lowest BCUT2D eigenvalue weighted by Crippen LogP contribution is -2.49. The largest absolute Gasteiger partial charge is 0.472 e. The predicted octanol–water partition coefficient (Wildman–Crippen LogP) is 2.06. The summed E-state index contributed by atoms with van der Waals surface area (Å²) in [5.41, 5.74) is 1.03. The average molecular weight is 411 g/mol. The van der Waals surface area contributed by atoms with Crippen LogP contribution in [0, 0.1) is 23.6 Å². The van der Waals surface area contributed by atoms with Gasteiger partial charge in [-0.05, 0) is 32.2 Å². The lowest BCUT2D eigenvalue weighted by Gasteiger charge is -2.36. The topological polar surface area (TPSA) is 74.7 Å². The molecule has 158 valence electrons. The number of halogens is 1. The first-order chi connectivity index (χ1) is 14.4. The van der Waals surface area contributed by atoms with E-state index < -0.39 is 5.82 Å². The first kappa shape index (κ1) is 21.8. The zero-order valence-electron chi connectivity index (χ0n) is 17.4. The Morgan fingerprint density at radius 2 is 2.17 bits per heavy atom. The van der Waals surface area contributed by atoms with Gasteiger partial charge >= 0.3 is 0 Å². The van der Waals surface area contributed by atoms with Crippen LogP contribution < -0.4 is 10.1 Å². The molecule has 0 aliphatic carbocycles. The van der Waals surface area contributed by atoms with Gasteiger partial charge in [-0.1, -0.05) is 30.9 Å². The van der Waals surface area contributed by atoms with Crippen molar-refractivity contribution in [2.75, 3.05) is 26.7 Å². The third-order valence-corrected chi connectivity index (χ3v) is 5.14. The van der Waals surface area contributed by atoms with Crippen molar-refractivity contribution < 1.29 is 19.0 Å². The van der Waals surface area contributed by atoms with Gasteiger partial charge in [-0.2, -0.15) is 0 Å². The fraction of sp³-hybridized carbons (Fsp3) is 0.391. The molecule has 0 radical (unpaired) electrons. The number of carbonyl (C=O) groups excluding carboxylic acids is 1. The molecule has 1 aliphatic rings. The molecular weight excluding hydrogens is 385 g/mol. The van der Waals surface area contributed by atoms with Crippen LogP contribution in [0.4, 0.5) is 4.39 Å². The molecule has 3 atom stereocenters. The Morgan fingerprint density at radius 3 is 2.87 bits per heavy atom. The Kier molecular flexibility index (Phi) is 7.03. The van der Waals surface area contributed by atoms with E-state index in [0.717, 1.165) is 0 Å². The van der Waals surface area contributed by atoms with Crippen LogP contribution in [0.3, 0.4) is 0 Å². The smallest absolute Gasteiger partial charge is 0.259 e. The van der Waals surface area contributed by atoms with Crippen LogP contribution in [0.25, 0.3) is 0 Å². The van der Waals surface area contributed by atoms with E-state index in [9.17, 15) is 14.3 Å². The first-order valence-corrected chi connectivity index (χ1v) is 9.94. The van der Waals surface area contributed by atoms with E-state index in [2.05, 4.69) is 22.1 Å². The zero-order chi connectivity index (χ0) is 21.7. The Hall–Kier alpha value is -2.95. The number of carbonyl (C=O) groups is 1. The fourth-order valence-corrected chi connectivity index (χ4v) is 3.32. The number of hydrogen-bond donors (Lipinski definition) is 2. The number of aliphatic hydroxyl groups is 1. The minimum Gasteiger partial charge on any atom is -0.472 e.